The van der Waals surface area contributed by atoms with E-state index in [-0.39, 0.29) is 17.3 Å². The quantitative estimate of drug-likeness (QED) is 0.261. The highest BCUT2D eigenvalue weighted by Gasteiger charge is 2.70. The van der Waals surface area contributed by atoms with E-state index in [0.29, 0.717) is 4.90 Å². The summed E-state index contributed by atoms with van der Waals surface area (Å²) in [6.07, 6.45) is 3.73. The molecule has 1 saturated carbocycles. The van der Waals surface area contributed by atoms with E-state index in [1.165, 1.54) is 26.2 Å². The van der Waals surface area contributed by atoms with Crippen molar-refractivity contribution < 1.29 is 8.42 Å². The Hall–Kier alpha value is -3.89. The van der Waals surface area contributed by atoms with Crippen LogP contribution < -0.4 is 0 Å². The van der Waals surface area contributed by atoms with Crippen LogP contribution in [0.3, 0.4) is 0 Å². The summed E-state index contributed by atoms with van der Waals surface area (Å²) in [6.45, 7) is 4.06. The molecule has 1 aromatic heterocycles. The summed E-state index contributed by atoms with van der Waals surface area (Å²) < 4.78 is 29.1. The van der Waals surface area contributed by atoms with Gasteiger partial charge in [0.25, 0.3) is 10.0 Å². The van der Waals surface area contributed by atoms with Gasteiger partial charge in [-0.05, 0) is 53.8 Å². The summed E-state index contributed by atoms with van der Waals surface area (Å²) in [7, 11) is -3.74. The zero-order chi connectivity index (χ0) is 25.4. The summed E-state index contributed by atoms with van der Waals surface area (Å²) in [4.78, 5) is 0.302. The summed E-state index contributed by atoms with van der Waals surface area (Å²) in [5, 5.41) is 0. The molecular weight excluding hydrogens is 474 g/mol. The Labute approximate surface area is 218 Å². The van der Waals surface area contributed by atoms with E-state index in [1.54, 1.807) is 12.1 Å². The van der Waals surface area contributed by atoms with Gasteiger partial charge < -0.3 is 0 Å². The van der Waals surface area contributed by atoms with Gasteiger partial charge in [0.15, 0.2) is 0 Å². The molecule has 0 bridgehead atoms. The van der Waals surface area contributed by atoms with Crippen LogP contribution in [0.25, 0.3) is 11.1 Å². The highest BCUT2D eigenvalue weighted by atomic mass is 32.2. The van der Waals surface area contributed by atoms with Gasteiger partial charge in [-0.2, -0.15) is 0 Å². The Morgan fingerprint density at radius 2 is 1.32 bits per heavy atom. The van der Waals surface area contributed by atoms with Crippen molar-refractivity contribution in [1.82, 2.24) is 3.97 Å². The molecule has 2 aliphatic carbocycles. The Morgan fingerprint density at radius 1 is 0.676 bits per heavy atom. The van der Waals surface area contributed by atoms with Crippen LogP contribution in [0.1, 0.15) is 45.2 Å². The summed E-state index contributed by atoms with van der Waals surface area (Å²) >= 11 is 0. The van der Waals surface area contributed by atoms with Crippen molar-refractivity contribution in [1.29, 1.82) is 0 Å². The molecule has 7 rings (SSSR count). The van der Waals surface area contributed by atoms with Gasteiger partial charge in [0.2, 0.25) is 0 Å². The third kappa shape index (κ3) is 3.09. The molecule has 4 heteroatoms. The summed E-state index contributed by atoms with van der Waals surface area (Å²) in [6, 6.07) is 35.0. The van der Waals surface area contributed by atoms with E-state index >= 15 is 0 Å². The second-order valence-corrected chi connectivity index (χ2v) is 12.3. The largest absolute Gasteiger partial charge is 0.267 e. The molecule has 0 N–H and O–H groups in total. The van der Waals surface area contributed by atoms with Crippen LogP contribution >= 0.6 is 0 Å². The molecule has 3 nitrogen and oxygen atoms in total. The molecule has 0 unspecified atom stereocenters. The number of benzene rings is 4. The topological polar surface area (TPSA) is 39.1 Å². The van der Waals surface area contributed by atoms with Crippen LogP contribution in [-0.2, 0) is 15.4 Å². The van der Waals surface area contributed by atoms with E-state index in [1.807, 2.05) is 37.5 Å². The molecule has 5 aromatic rings. The number of aryl methyl sites for hydroxylation is 2. The minimum Gasteiger partial charge on any atom is -0.248 e. The fraction of sp³-hybridized carbons (Fsp3) is 0.152. The van der Waals surface area contributed by atoms with Crippen LogP contribution in [0.2, 0.25) is 0 Å². The SMILES string of the molecule is Cc1ccc(S(=O)(=O)n2cc3c(c2)[C@@]2(c4ccccc4)[C@H](c4ccccc4)[C@H]2c2ccc(C)cc2-3)cc1. The van der Waals surface area contributed by atoms with Gasteiger partial charge in [-0.15, -0.1) is 0 Å². The first-order valence-corrected chi connectivity index (χ1v) is 14.1. The Bertz CT molecular complexity index is 1750. The van der Waals surface area contributed by atoms with Gasteiger partial charge in [-0.3, -0.25) is 0 Å². The molecular formula is C33H27NO2S. The van der Waals surface area contributed by atoms with Crippen LogP contribution in [0.5, 0.6) is 0 Å². The van der Waals surface area contributed by atoms with Crippen molar-refractivity contribution in [2.75, 3.05) is 0 Å². The fourth-order valence-electron chi connectivity index (χ4n) is 6.61. The van der Waals surface area contributed by atoms with Gasteiger partial charge in [0.05, 0.1) is 4.90 Å². The average Bonchev–Trinajstić information content (AvgIpc) is 3.41. The van der Waals surface area contributed by atoms with Crippen molar-refractivity contribution in [2.24, 2.45) is 0 Å². The summed E-state index contributed by atoms with van der Waals surface area (Å²) in [5.74, 6) is 0.454. The molecule has 1 fully saturated rings. The Morgan fingerprint density at radius 3 is 2.03 bits per heavy atom. The van der Waals surface area contributed by atoms with Crippen molar-refractivity contribution in [3.8, 4) is 11.1 Å². The van der Waals surface area contributed by atoms with E-state index in [0.717, 1.165) is 22.3 Å². The van der Waals surface area contributed by atoms with E-state index in [9.17, 15) is 8.42 Å². The predicted molar refractivity (Wildman–Crippen MR) is 148 cm³/mol. The third-order valence-corrected chi connectivity index (χ3v) is 9.93. The van der Waals surface area contributed by atoms with Crippen LogP contribution in [0, 0.1) is 13.8 Å². The van der Waals surface area contributed by atoms with E-state index < -0.39 is 10.0 Å². The molecule has 1 heterocycles. The maximum absolute atomic E-state index is 13.8. The highest BCUT2D eigenvalue weighted by Crippen LogP contribution is 2.77. The summed E-state index contributed by atoms with van der Waals surface area (Å²) in [5.41, 5.74) is 8.92. The number of nitrogens with zero attached hydrogens (tertiary/aromatic N) is 1. The zero-order valence-electron chi connectivity index (χ0n) is 20.8. The molecule has 4 aromatic carbocycles. The minimum atomic E-state index is -3.74. The van der Waals surface area contributed by atoms with Crippen LogP contribution in [0.15, 0.2) is 120 Å². The smallest absolute Gasteiger partial charge is 0.248 e. The minimum absolute atomic E-state index is 0.219. The first-order chi connectivity index (χ1) is 17.9. The van der Waals surface area contributed by atoms with E-state index in [2.05, 4.69) is 79.7 Å². The highest BCUT2D eigenvalue weighted by molar-refractivity contribution is 7.90. The third-order valence-electron chi connectivity index (χ3n) is 8.29. The molecule has 0 spiro atoms. The molecule has 0 radical (unpaired) electrons. The lowest BCUT2D eigenvalue weighted by atomic mass is 9.76. The number of aromatic nitrogens is 1. The zero-order valence-corrected chi connectivity index (χ0v) is 21.6. The Kier molecular flexibility index (Phi) is 4.71. The molecule has 0 aliphatic heterocycles. The van der Waals surface area contributed by atoms with E-state index in [4.69, 9.17) is 0 Å². The van der Waals surface area contributed by atoms with Crippen LogP contribution in [0.4, 0.5) is 0 Å². The maximum atomic E-state index is 13.8. The second kappa shape index (κ2) is 7.80. The molecule has 182 valence electrons. The van der Waals surface area contributed by atoms with Crippen molar-refractivity contribution in [3.05, 3.63) is 149 Å². The first-order valence-electron chi connectivity index (χ1n) is 12.7. The monoisotopic (exact) mass is 501 g/mol. The lowest BCUT2D eigenvalue weighted by molar-refractivity contribution is 0.587. The standard InChI is InChI=1S/C33H27NO2S/c1-22-13-16-26(17-14-22)37(35,36)34-20-29-28-19-23(2)15-18-27(28)32-31(24-9-5-3-6-10-24)33(32,30(29)21-34)25-11-7-4-8-12-25/h3-21,31-32H,1-2H3/t31-,32-,33+/m1/s1. The molecule has 2 aliphatic rings. The molecule has 37 heavy (non-hydrogen) atoms. The average molecular weight is 502 g/mol. The lowest BCUT2D eigenvalue weighted by Gasteiger charge is -2.26. The molecule has 0 amide bonds. The number of hydrogen-bond donors (Lipinski definition) is 0. The fourth-order valence-corrected chi connectivity index (χ4v) is 7.82. The normalized spacial score (nSPS) is 21.6. The van der Waals surface area contributed by atoms with Gasteiger partial charge in [0.1, 0.15) is 0 Å². The van der Waals surface area contributed by atoms with Crippen molar-refractivity contribution >= 4 is 10.0 Å². The van der Waals surface area contributed by atoms with Gasteiger partial charge in [-0.1, -0.05) is 102 Å². The first kappa shape index (κ1) is 22.3. The Balaban J connectivity index is 1.52. The van der Waals surface area contributed by atoms with Crippen LogP contribution in [-0.4, -0.2) is 12.4 Å². The molecule has 3 atom stereocenters. The van der Waals surface area contributed by atoms with Crippen molar-refractivity contribution in [3.63, 3.8) is 0 Å². The van der Waals surface area contributed by atoms with Gasteiger partial charge >= 0.3 is 0 Å². The van der Waals surface area contributed by atoms with Gasteiger partial charge in [-0.25, -0.2) is 12.4 Å². The second-order valence-electron chi connectivity index (χ2n) is 10.4. The maximum Gasteiger partial charge on any atom is 0.267 e. The van der Waals surface area contributed by atoms with Crippen molar-refractivity contribution in [2.45, 2.75) is 36.0 Å². The van der Waals surface area contributed by atoms with Gasteiger partial charge in [0, 0.05) is 35.2 Å². The number of fused-ring (bicyclic) bond motifs is 6. The molecule has 0 saturated heterocycles. The number of rotatable bonds is 4. The number of hydrogen-bond acceptors (Lipinski definition) is 2. The predicted octanol–water partition coefficient (Wildman–Crippen LogP) is 7.19. The lowest BCUT2D eigenvalue weighted by Crippen LogP contribution is -2.17.